The van der Waals surface area contributed by atoms with Crippen LogP contribution < -0.4 is 10.5 Å². The van der Waals surface area contributed by atoms with E-state index in [0.717, 1.165) is 22.2 Å². The highest BCUT2D eigenvalue weighted by atomic mass is 16.5. The minimum absolute atomic E-state index is 0.445. The molecule has 2 rings (SSSR count). The van der Waals surface area contributed by atoms with Gasteiger partial charge in [-0.05, 0) is 12.1 Å². The Morgan fingerprint density at radius 3 is 2.86 bits per heavy atom. The normalized spacial score (nSPS) is 10.4. The molecule has 3 heteroatoms. The first kappa shape index (κ1) is 8.97. The van der Waals surface area contributed by atoms with Gasteiger partial charge in [-0.3, -0.25) is 4.98 Å². The molecule has 1 aromatic carbocycles. The monoisotopic (exact) mass is 188 g/mol. The van der Waals surface area contributed by atoms with Crippen molar-refractivity contribution in [3.8, 4) is 5.75 Å². The smallest absolute Gasteiger partial charge is 0.134 e. The van der Waals surface area contributed by atoms with Crippen LogP contribution in [0.15, 0.2) is 30.5 Å². The summed E-state index contributed by atoms with van der Waals surface area (Å²) in [7, 11) is 1.65. The first-order valence-electron chi connectivity index (χ1n) is 4.47. The van der Waals surface area contributed by atoms with Gasteiger partial charge in [0.25, 0.3) is 0 Å². The van der Waals surface area contributed by atoms with Gasteiger partial charge >= 0.3 is 0 Å². The highest BCUT2D eigenvalue weighted by molar-refractivity contribution is 5.86. The second-order valence-corrected chi connectivity index (χ2v) is 3.04. The molecule has 0 saturated heterocycles. The fourth-order valence-electron chi connectivity index (χ4n) is 1.54. The quantitative estimate of drug-likeness (QED) is 0.780. The van der Waals surface area contributed by atoms with Crippen molar-refractivity contribution in [1.82, 2.24) is 4.98 Å². The largest absolute Gasteiger partial charge is 0.496 e. The molecule has 2 N–H and O–H groups in total. The van der Waals surface area contributed by atoms with Crippen molar-refractivity contribution in [2.75, 3.05) is 7.11 Å². The number of nitrogens with two attached hydrogens (primary N) is 1. The molecule has 0 saturated carbocycles. The van der Waals surface area contributed by atoms with Crippen LogP contribution in [0.4, 0.5) is 0 Å². The molecular formula is C11H12N2O. The van der Waals surface area contributed by atoms with Crippen molar-refractivity contribution in [2.45, 2.75) is 6.54 Å². The number of rotatable bonds is 2. The van der Waals surface area contributed by atoms with E-state index in [1.54, 1.807) is 13.3 Å². The molecule has 0 aliphatic rings. The number of aromatic nitrogens is 1. The first-order chi connectivity index (χ1) is 6.86. The zero-order valence-electron chi connectivity index (χ0n) is 8.03. The average Bonchev–Trinajstić information content (AvgIpc) is 2.27. The maximum absolute atomic E-state index is 5.60. The number of hydrogen-bond donors (Lipinski definition) is 1. The molecule has 0 aliphatic carbocycles. The standard InChI is InChI=1S/C11H12N2O/c1-14-11-8(6-12)7-13-10-5-3-2-4-9(10)11/h2-5,7H,6,12H2,1H3. The maximum Gasteiger partial charge on any atom is 0.134 e. The summed E-state index contributed by atoms with van der Waals surface area (Å²) >= 11 is 0. The summed E-state index contributed by atoms with van der Waals surface area (Å²) in [5.41, 5.74) is 7.47. The van der Waals surface area contributed by atoms with E-state index in [2.05, 4.69) is 4.98 Å². The van der Waals surface area contributed by atoms with Crippen LogP contribution >= 0.6 is 0 Å². The number of benzene rings is 1. The molecular weight excluding hydrogens is 176 g/mol. The van der Waals surface area contributed by atoms with Gasteiger partial charge in [-0.2, -0.15) is 0 Å². The summed E-state index contributed by atoms with van der Waals surface area (Å²) in [4.78, 5) is 4.30. The van der Waals surface area contributed by atoms with E-state index in [4.69, 9.17) is 10.5 Å². The molecule has 3 nitrogen and oxygen atoms in total. The molecule has 0 aliphatic heterocycles. The summed E-state index contributed by atoms with van der Waals surface area (Å²) in [5, 5.41) is 1.01. The van der Waals surface area contributed by atoms with E-state index in [1.165, 1.54) is 0 Å². The Morgan fingerprint density at radius 2 is 2.14 bits per heavy atom. The molecule has 0 radical (unpaired) electrons. The van der Waals surface area contributed by atoms with Crippen LogP contribution in [0, 0.1) is 0 Å². The number of methoxy groups -OCH3 is 1. The Labute approximate surface area is 82.5 Å². The molecule has 1 aromatic heterocycles. The van der Waals surface area contributed by atoms with E-state index in [1.807, 2.05) is 24.3 Å². The lowest BCUT2D eigenvalue weighted by Crippen LogP contribution is -2.01. The van der Waals surface area contributed by atoms with E-state index in [0.29, 0.717) is 6.54 Å². The lowest BCUT2D eigenvalue weighted by molar-refractivity contribution is 0.414. The molecule has 0 unspecified atom stereocenters. The molecule has 0 atom stereocenters. The molecule has 72 valence electrons. The molecule has 0 amide bonds. The second kappa shape index (κ2) is 3.64. The predicted octanol–water partition coefficient (Wildman–Crippen LogP) is 1.70. The molecule has 0 spiro atoms. The number of hydrogen-bond acceptors (Lipinski definition) is 3. The van der Waals surface area contributed by atoms with Gasteiger partial charge in [-0.1, -0.05) is 12.1 Å². The second-order valence-electron chi connectivity index (χ2n) is 3.04. The van der Waals surface area contributed by atoms with Crippen LogP contribution in [-0.4, -0.2) is 12.1 Å². The van der Waals surface area contributed by atoms with Crippen LogP contribution in [0.3, 0.4) is 0 Å². The van der Waals surface area contributed by atoms with Crippen molar-refractivity contribution in [3.63, 3.8) is 0 Å². The Balaban J connectivity index is 2.77. The fraction of sp³-hybridized carbons (Fsp3) is 0.182. The van der Waals surface area contributed by atoms with E-state index in [9.17, 15) is 0 Å². The fourth-order valence-corrected chi connectivity index (χ4v) is 1.54. The number of ether oxygens (including phenoxy) is 1. The summed E-state index contributed by atoms with van der Waals surface area (Å²) < 4.78 is 5.33. The maximum atomic E-state index is 5.60. The minimum Gasteiger partial charge on any atom is -0.496 e. The number of nitrogens with zero attached hydrogens (tertiary/aromatic N) is 1. The Morgan fingerprint density at radius 1 is 1.36 bits per heavy atom. The Hall–Kier alpha value is -1.61. The van der Waals surface area contributed by atoms with E-state index < -0.39 is 0 Å². The third kappa shape index (κ3) is 1.32. The Bertz CT molecular complexity index is 454. The molecule has 0 bridgehead atoms. The number of para-hydroxylation sites is 1. The Kier molecular flexibility index (Phi) is 2.33. The summed E-state index contributed by atoms with van der Waals surface area (Å²) in [5.74, 6) is 0.832. The van der Waals surface area contributed by atoms with Gasteiger partial charge in [0.15, 0.2) is 0 Å². The van der Waals surface area contributed by atoms with Crippen LogP contribution in [0.5, 0.6) is 5.75 Å². The lowest BCUT2D eigenvalue weighted by Gasteiger charge is -2.08. The van der Waals surface area contributed by atoms with Crippen LogP contribution in [0.1, 0.15) is 5.56 Å². The van der Waals surface area contributed by atoms with Gasteiger partial charge in [0.05, 0.1) is 12.6 Å². The van der Waals surface area contributed by atoms with Crippen molar-refractivity contribution < 1.29 is 4.74 Å². The third-order valence-electron chi connectivity index (χ3n) is 2.22. The molecule has 2 aromatic rings. The van der Waals surface area contributed by atoms with E-state index in [-0.39, 0.29) is 0 Å². The van der Waals surface area contributed by atoms with Crippen molar-refractivity contribution in [1.29, 1.82) is 0 Å². The highest BCUT2D eigenvalue weighted by Gasteiger charge is 2.06. The van der Waals surface area contributed by atoms with Crippen LogP contribution in [0.2, 0.25) is 0 Å². The van der Waals surface area contributed by atoms with E-state index >= 15 is 0 Å². The molecule has 0 fully saturated rings. The van der Waals surface area contributed by atoms with Gasteiger partial charge < -0.3 is 10.5 Å². The van der Waals surface area contributed by atoms with Gasteiger partial charge in [-0.25, -0.2) is 0 Å². The third-order valence-corrected chi connectivity index (χ3v) is 2.22. The molecule has 14 heavy (non-hydrogen) atoms. The van der Waals surface area contributed by atoms with Gasteiger partial charge in [0.2, 0.25) is 0 Å². The summed E-state index contributed by atoms with van der Waals surface area (Å²) in [6.07, 6.45) is 1.77. The van der Waals surface area contributed by atoms with Crippen molar-refractivity contribution >= 4 is 10.9 Å². The van der Waals surface area contributed by atoms with Crippen molar-refractivity contribution in [3.05, 3.63) is 36.0 Å². The van der Waals surface area contributed by atoms with Gasteiger partial charge in [-0.15, -0.1) is 0 Å². The minimum atomic E-state index is 0.445. The summed E-state index contributed by atoms with van der Waals surface area (Å²) in [6, 6.07) is 7.86. The predicted molar refractivity (Wildman–Crippen MR) is 56.2 cm³/mol. The van der Waals surface area contributed by atoms with Gasteiger partial charge in [0.1, 0.15) is 5.75 Å². The topological polar surface area (TPSA) is 48.1 Å². The highest BCUT2D eigenvalue weighted by Crippen LogP contribution is 2.27. The summed E-state index contributed by atoms with van der Waals surface area (Å²) in [6.45, 7) is 0.445. The molecule has 1 heterocycles. The van der Waals surface area contributed by atoms with Crippen LogP contribution in [-0.2, 0) is 6.54 Å². The zero-order valence-corrected chi connectivity index (χ0v) is 8.03. The zero-order chi connectivity index (χ0) is 9.97. The lowest BCUT2D eigenvalue weighted by atomic mass is 10.1. The number of pyridine rings is 1. The first-order valence-corrected chi connectivity index (χ1v) is 4.47. The van der Waals surface area contributed by atoms with Crippen LogP contribution in [0.25, 0.3) is 10.9 Å². The van der Waals surface area contributed by atoms with Gasteiger partial charge in [0, 0.05) is 23.7 Å². The van der Waals surface area contributed by atoms with Crippen molar-refractivity contribution in [2.24, 2.45) is 5.73 Å². The number of fused-ring (bicyclic) bond motifs is 1. The SMILES string of the molecule is COc1c(CN)cnc2ccccc12. The average molecular weight is 188 g/mol.